The Bertz CT molecular complexity index is 2160. The summed E-state index contributed by atoms with van der Waals surface area (Å²) >= 11 is 0. The van der Waals surface area contributed by atoms with Crippen LogP contribution in [-0.2, 0) is 45.1 Å². The third-order valence-electron chi connectivity index (χ3n) is 13.2. The summed E-state index contributed by atoms with van der Waals surface area (Å²) in [6, 6.07) is 3.68. The number of halogens is 2. The molecule has 3 aliphatic heterocycles. The predicted octanol–water partition coefficient (Wildman–Crippen LogP) is 5.46. The summed E-state index contributed by atoms with van der Waals surface area (Å²) < 4.78 is 80.5. The molecule has 60 heavy (non-hydrogen) atoms. The van der Waals surface area contributed by atoms with Gasteiger partial charge in [-0.2, -0.15) is 0 Å². The summed E-state index contributed by atoms with van der Waals surface area (Å²) in [6.45, 7) is 5.35. The van der Waals surface area contributed by atoms with Crippen molar-refractivity contribution in [3.63, 3.8) is 0 Å². The van der Waals surface area contributed by atoms with Crippen molar-refractivity contribution in [1.82, 2.24) is 19.9 Å². The summed E-state index contributed by atoms with van der Waals surface area (Å²) in [5.74, 6) is -3.65. The zero-order valence-corrected chi connectivity index (χ0v) is 35.7. The van der Waals surface area contributed by atoms with Crippen LogP contribution >= 0.6 is 0 Å². The lowest BCUT2D eigenvalue weighted by molar-refractivity contribution is -0.155. The van der Waals surface area contributed by atoms with Gasteiger partial charge in [0.05, 0.1) is 32.2 Å². The fourth-order valence-corrected chi connectivity index (χ4v) is 10.5. The fraction of sp³-hybridized carbons (Fsp3) is 0.651. The highest BCUT2D eigenvalue weighted by Gasteiger charge is 2.64. The number of amides is 3. The lowest BCUT2D eigenvalue weighted by Gasteiger charge is -2.37. The van der Waals surface area contributed by atoms with E-state index in [4.69, 9.17) is 18.9 Å². The number of nitrogens with zero attached hydrogens (tertiary/aromatic N) is 2. The van der Waals surface area contributed by atoms with Gasteiger partial charge in [0.1, 0.15) is 39.5 Å². The first-order valence-electron chi connectivity index (χ1n) is 21.0. The van der Waals surface area contributed by atoms with E-state index < -0.39 is 85.7 Å². The van der Waals surface area contributed by atoms with Crippen LogP contribution < -0.4 is 19.5 Å². The molecule has 5 aliphatic rings. The smallest absolute Gasteiger partial charge is 0.306 e. The van der Waals surface area contributed by atoms with Crippen LogP contribution in [0.2, 0.25) is 0 Å². The Hall–Kier alpha value is -4.38. The molecule has 1 spiro atoms. The van der Waals surface area contributed by atoms with Gasteiger partial charge in [0.25, 0.3) is 12.3 Å². The molecule has 328 valence electrons. The van der Waals surface area contributed by atoms with Gasteiger partial charge in [-0.3, -0.25) is 23.9 Å². The lowest BCUT2D eigenvalue weighted by atomic mass is 9.87. The van der Waals surface area contributed by atoms with E-state index in [1.807, 2.05) is 26.0 Å². The molecule has 7 rings (SSSR count). The number of sulfonamides is 1. The summed E-state index contributed by atoms with van der Waals surface area (Å²) in [7, 11) is -1.32. The minimum absolute atomic E-state index is 0.0369. The Morgan fingerprint density at radius 3 is 2.53 bits per heavy atom. The number of hydrogen-bond acceptors (Lipinski definition) is 11. The van der Waals surface area contributed by atoms with E-state index in [1.54, 1.807) is 25.1 Å². The topological polar surface area (TPSA) is 180 Å². The van der Waals surface area contributed by atoms with Crippen molar-refractivity contribution in [1.29, 1.82) is 0 Å². The Balaban J connectivity index is 1.25. The van der Waals surface area contributed by atoms with Crippen molar-refractivity contribution < 1.29 is 55.3 Å². The number of alkyl halides is 2. The number of rotatable bonds is 11. The van der Waals surface area contributed by atoms with Crippen LogP contribution in [0.15, 0.2) is 30.4 Å². The molecule has 3 amide bonds. The number of allylic oxidation sites excluding steroid dienone is 1. The monoisotopic (exact) mass is 858 g/mol. The standard InChI is InChI=1S/C43H56F2N4O10S/c1-25(2)26(3)58-34(50)19-27-11-9-7-6-8-10-12-28-21-43(28,40(53)48-60(54,55)42(17-18-42)24-56-4)47-38(51)33-22-41(23-49(33)39(27)52)16-15-30-31-20-29(57-5)13-14-32(31)46-35(37(44)45)36(30)59-41/h10,12-14,20,25-28,33,37H,6-9,11,15-19,21-24H2,1-5H3,(H,47,51)(H,48,53)/b12-10-/t26-,27+,28+,33-,41+,43+/m0/s1. The largest absolute Gasteiger partial charge is 0.497 e. The first-order chi connectivity index (χ1) is 28.5. The molecule has 0 unspecified atom stereocenters. The minimum atomic E-state index is -4.20. The van der Waals surface area contributed by atoms with Crippen LogP contribution in [0, 0.1) is 17.8 Å². The second kappa shape index (κ2) is 16.8. The van der Waals surface area contributed by atoms with Crippen molar-refractivity contribution >= 4 is 44.6 Å². The Labute approximate surface area is 349 Å². The van der Waals surface area contributed by atoms with Crippen molar-refractivity contribution in [3.8, 4) is 11.5 Å². The van der Waals surface area contributed by atoms with Gasteiger partial charge in [0.15, 0.2) is 5.75 Å². The molecule has 2 aliphatic carbocycles. The molecule has 0 radical (unpaired) electrons. The third-order valence-corrected chi connectivity index (χ3v) is 15.3. The van der Waals surface area contributed by atoms with Gasteiger partial charge in [-0.05, 0) is 82.4 Å². The van der Waals surface area contributed by atoms with Crippen LogP contribution in [0.4, 0.5) is 8.78 Å². The van der Waals surface area contributed by atoms with Crippen LogP contribution in [0.3, 0.4) is 0 Å². The number of fused-ring (bicyclic) bond motifs is 5. The molecular weight excluding hydrogens is 803 g/mol. The molecule has 14 nitrogen and oxygen atoms in total. The molecule has 2 aromatic rings. The van der Waals surface area contributed by atoms with E-state index in [0.29, 0.717) is 54.3 Å². The SMILES string of the molecule is COCC1(S(=O)(=O)NC(=O)[C@@]23C[C@H]2/C=C\CCCCC[C@H](CC(=O)O[C@@H](C)C(C)C)C(=O)N2C[C@@]4(CCc5c(c(C(F)F)nc6ccc(OC)cc56)O4)C[C@H]2C(=O)N3)CC1. The fourth-order valence-electron chi connectivity index (χ4n) is 8.97. The number of aromatic nitrogens is 1. The number of nitrogens with one attached hydrogen (secondary N) is 2. The van der Waals surface area contributed by atoms with E-state index in [0.717, 1.165) is 12.8 Å². The second-order valence-electron chi connectivity index (χ2n) is 17.7. The van der Waals surface area contributed by atoms with Gasteiger partial charge in [-0.25, -0.2) is 22.2 Å². The number of methoxy groups -OCH3 is 2. The number of carbonyl (C=O) groups is 4. The van der Waals surface area contributed by atoms with Crippen LogP contribution in [-0.4, -0.2) is 97.4 Å². The molecule has 1 aromatic carbocycles. The Kier molecular flexibility index (Phi) is 12.3. The molecule has 2 N–H and O–H groups in total. The molecule has 2 saturated carbocycles. The van der Waals surface area contributed by atoms with Gasteiger partial charge < -0.3 is 29.2 Å². The van der Waals surface area contributed by atoms with Gasteiger partial charge in [0.2, 0.25) is 21.8 Å². The number of pyridine rings is 1. The highest BCUT2D eigenvalue weighted by molar-refractivity contribution is 7.91. The van der Waals surface area contributed by atoms with Crippen LogP contribution in [0.1, 0.15) is 109 Å². The van der Waals surface area contributed by atoms with Gasteiger partial charge >= 0.3 is 5.97 Å². The minimum Gasteiger partial charge on any atom is -0.497 e. The molecule has 1 aromatic heterocycles. The highest BCUT2D eigenvalue weighted by atomic mass is 32.2. The number of hydrogen-bond donors (Lipinski definition) is 2. The maximum atomic E-state index is 14.9. The van der Waals surface area contributed by atoms with Crippen LogP contribution in [0.25, 0.3) is 10.9 Å². The van der Waals surface area contributed by atoms with Crippen molar-refractivity contribution in [2.75, 3.05) is 27.4 Å². The van der Waals surface area contributed by atoms with Crippen molar-refractivity contribution in [3.05, 3.63) is 41.6 Å². The Morgan fingerprint density at radius 1 is 1.08 bits per heavy atom. The number of benzene rings is 1. The average molecular weight is 859 g/mol. The summed E-state index contributed by atoms with van der Waals surface area (Å²) in [4.78, 5) is 62.8. The van der Waals surface area contributed by atoms with Gasteiger partial charge in [-0.1, -0.05) is 38.8 Å². The van der Waals surface area contributed by atoms with E-state index in [1.165, 1.54) is 19.1 Å². The summed E-state index contributed by atoms with van der Waals surface area (Å²) in [6.07, 6.45) is 4.27. The quantitative estimate of drug-likeness (QED) is 0.217. The first-order valence-corrected chi connectivity index (χ1v) is 22.5. The van der Waals surface area contributed by atoms with E-state index >= 15 is 0 Å². The second-order valence-corrected chi connectivity index (χ2v) is 19.8. The normalized spacial score (nSPS) is 28.7. The zero-order chi connectivity index (χ0) is 43.2. The van der Waals surface area contributed by atoms with Crippen LogP contribution in [0.5, 0.6) is 11.5 Å². The average Bonchev–Trinajstić information content (AvgIpc) is 4.11. The maximum Gasteiger partial charge on any atom is 0.306 e. The highest BCUT2D eigenvalue weighted by Crippen LogP contribution is 2.50. The molecular formula is C43H56F2N4O10S. The molecule has 6 atom stereocenters. The molecule has 0 bridgehead atoms. The Morgan fingerprint density at radius 2 is 1.85 bits per heavy atom. The first kappa shape index (κ1) is 43.7. The lowest BCUT2D eigenvalue weighted by Crippen LogP contribution is -2.58. The van der Waals surface area contributed by atoms with Crippen molar-refractivity contribution in [2.45, 2.75) is 132 Å². The van der Waals surface area contributed by atoms with Gasteiger partial charge in [-0.15, -0.1) is 0 Å². The molecule has 17 heteroatoms. The molecule has 1 saturated heterocycles. The molecule has 4 heterocycles. The predicted molar refractivity (Wildman–Crippen MR) is 216 cm³/mol. The number of carbonyl (C=O) groups excluding carboxylic acids is 4. The molecule has 3 fully saturated rings. The van der Waals surface area contributed by atoms with Crippen molar-refractivity contribution in [2.24, 2.45) is 17.8 Å². The van der Waals surface area contributed by atoms with E-state index in [9.17, 15) is 36.4 Å². The number of ether oxygens (including phenoxy) is 4. The zero-order valence-electron chi connectivity index (χ0n) is 34.9. The van der Waals surface area contributed by atoms with Gasteiger partial charge in [0, 0.05) is 36.3 Å². The summed E-state index contributed by atoms with van der Waals surface area (Å²) in [5.41, 5.74) is -2.69. The third kappa shape index (κ3) is 8.44. The number of esters is 1. The summed E-state index contributed by atoms with van der Waals surface area (Å²) in [5, 5.41) is 3.45. The van der Waals surface area contributed by atoms with E-state index in [2.05, 4.69) is 15.0 Å². The maximum absolute atomic E-state index is 14.9. The van der Waals surface area contributed by atoms with E-state index in [-0.39, 0.29) is 56.9 Å². The number of aryl methyl sites for hydroxylation is 1.